The molecule has 0 aliphatic carbocycles. The van der Waals surface area contributed by atoms with Crippen molar-refractivity contribution in [2.24, 2.45) is 5.92 Å². The van der Waals surface area contributed by atoms with Crippen molar-refractivity contribution in [2.45, 2.75) is 117 Å². The van der Waals surface area contributed by atoms with Crippen LogP contribution in [0, 0.1) is 5.92 Å². The molecule has 0 aliphatic heterocycles. The van der Waals surface area contributed by atoms with Gasteiger partial charge in [-0.3, -0.25) is 0 Å². The summed E-state index contributed by atoms with van der Waals surface area (Å²) in [5.74, 6) is 0.973. The summed E-state index contributed by atoms with van der Waals surface area (Å²) in [7, 11) is 0. The van der Waals surface area contributed by atoms with Crippen molar-refractivity contribution in [3.8, 4) is 0 Å². The molecule has 0 aromatic rings. The van der Waals surface area contributed by atoms with Gasteiger partial charge in [0.05, 0.1) is 0 Å². The highest BCUT2D eigenvalue weighted by Crippen LogP contribution is 2.17. The van der Waals surface area contributed by atoms with E-state index < -0.39 is 0 Å². The lowest BCUT2D eigenvalue weighted by Gasteiger charge is -2.10. The molecule has 19 heavy (non-hydrogen) atoms. The number of hydrogen-bond donors (Lipinski definition) is 0. The van der Waals surface area contributed by atoms with Crippen LogP contribution in [0.1, 0.15) is 117 Å². The Hall–Kier alpha value is 0. The van der Waals surface area contributed by atoms with Crippen LogP contribution in [0.2, 0.25) is 0 Å². The summed E-state index contributed by atoms with van der Waals surface area (Å²) in [6.45, 7) is 7.04. The molecule has 0 aliphatic rings. The molecule has 0 N–H and O–H groups in total. The summed E-state index contributed by atoms with van der Waals surface area (Å²) >= 11 is 0. The minimum atomic E-state index is 0.973. The molecule has 0 aromatic heterocycles. The minimum absolute atomic E-state index is 0.973. The molecule has 0 amide bonds. The Bertz CT molecular complexity index is 150. The predicted molar refractivity (Wildman–Crippen MR) is 89.8 cm³/mol. The third-order valence-corrected chi connectivity index (χ3v) is 4.35. The van der Waals surface area contributed by atoms with E-state index in [0.717, 1.165) is 5.92 Å². The number of hydrogen-bond acceptors (Lipinski definition) is 0. The summed E-state index contributed by atoms with van der Waals surface area (Å²) in [6.07, 6.45) is 21.8. The molecule has 0 fully saturated rings. The molecular weight excluding hydrogens is 228 g/mol. The molecule has 0 nitrogen and oxygen atoms in total. The molecule has 0 aromatic carbocycles. The first-order valence-corrected chi connectivity index (χ1v) is 9.31. The van der Waals surface area contributed by atoms with Crippen molar-refractivity contribution >= 4 is 0 Å². The van der Waals surface area contributed by atoms with Gasteiger partial charge in [0.25, 0.3) is 0 Å². The third kappa shape index (κ3) is 15.9. The fourth-order valence-corrected chi connectivity index (χ4v) is 2.87. The molecule has 0 rings (SSSR count). The van der Waals surface area contributed by atoms with E-state index in [1.807, 2.05) is 0 Å². The Morgan fingerprint density at radius 1 is 0.474 bits per heavy atom. The summed E-state index contributed by atoms with van der Waals surface area (Å²) in [5.41, 5.74) is 0. The highest BCUT2D eigenvalue weighted by Gasteiger charge is 2.01. The Morgan fingerprint density at radius 2 is 0.789 bits per heavy atom. The van der Waals surface area contributed by atoms with E-state index in [9.17, 15) is 0 Å². The van der Waals surface area contributed by atoms with Gasteiger partial charge in [-0.1, -0.05) is 117 Å². The normalized spacial score (nSPS) is 12.8. The highest BCUT2D eigenvalue weighted by molar-refractivity contribution is 4.55. The Morgan fingerprint density at radius 3 is 1.26 bits per heavy atom. The van der Waals surface area contributed by atoms with Crippen molar-refractivity contribution in [2.75, 3.05) is 0 Å². The minimum Gasteiger partial charge on any atom is -0.0654 e. The van der Waals surface area contributed by atoms with Crippen LogP contribution in [-0.2, 0) is 0 Å². The van der Waals surface area contributed by atoms with E-state index in [1.165, 1.54) is 96.3 Å². The summed E-state index contributed by atoms with van der Waals surface area (Å²) in [5, 5.41) is 0. The van der Waals surface area contributed by atoms with E-state index in [2.05, 4.69) is 20.8 Å². The first kappa shape index (κ1) is 19.0. The molecule has 0 saturated carbocycles. The second kappa shape index (κ2) is 16.1. The number of unbranched alkanes of at least 4 members (excludes halogenated alkanes) is 11. The van der Waals surface area contributed by atoms with Gasteiger partial charge in [0, 0.05) is 0 Å². The van der Waals surface area contributed by atoms with Gasteiger partial charge in [-0.2, -0.15) is 0 Å². The zero-order valence-electron chi connectivity index (χ0n) is 14.2. The third-order valence-electron chi connectivity index (χ3n) is 4.35. The molecular formula is C19H40. The zero-order chi connectivity index (χ0) is 14.2. The van der Waals surface area contributed by atoms with E-state index in [4.69, 9.17) is 0 Å². The van der Waals surface area contributed by atoms with E-state index >= 15 is 0 Å². The first-order chi connectivity index (χ1) is 9.31. The largest absolute Gasteiger partial charge is 0.0654 e. The van der Waals surface area contributed by atoms with E-state index in [-0.39, 0.29) is 0 Å². The molecule has 0 bridgehead atoms. The smallest absolute Gasteiger partial charge is 0.0443 e. The van der Waals surface area contributed by atoms with Crippen molar-refractivity contribution in [3.05, 3.63) is 0 Å². The van der Waals surface area contributed by atoms with Gasteiger partial charge in [0.2, 0.25) is 0 Å². The summed E-state index contributed by atoms with van der Waals surface area (Å²) in [4.78, 5) is 0. The maximum Gasteiger partial charge on any atom is -0.0443 e. The van der Waals surface area contributed by atoms with Crippen molar-refractivity contribution in [3.63, 3.8) is 0 Å². The van der Waals surface area contributed by atoms with Gasteiger partial charge < -0.3 is 0 Å². The lowest BCUT2D eigenvalue weighted by molar-refractivity contribution is 0.435. The van der Waals surface area contributed by atoms with Gasteiger partial charge in [-0.25, -0.2) is 0 Å². The first-order valence-electron chi connectivity index (χ1n) is 9.31. The van der Waals surface area contributed by atoms with Crippen LogP contribution in [0.4, 0.5) is 0 Å². The second-order valence-corrected chi connectivity index (χ2v) is 6.57. The van der Waals surface area contributed by atoms with Gasteiger partial charge >= 0.3 is 0 Å². The number of rotatable bonds is 15. The van der Waals surface area contributed by atoms with Gasteiger partial charge in [0.15, 0.2) is 0 Å². The molecule has 0 saturated heterocycles. The maximum atomic E-state index is 2.45. The molecule has 0 heterocycles. The van der Waals surface area contributed by atoms with Gasteiger partial charge in [-0.15, -0.1) is 0 Å². The van der Waals surface area contributed by atoms with Crippen molar-refractivity contribution in [1.82, 2.24) is 0 Å². The van der Waals surface area contributed by atoms with Crippen molar-refractivity contribution in [1.29, 1.82) is 0 Å². The SMILES string of the molecule is CCCCCCCCCCCC[C@H](C)CCCCC. The molecule has 1 atom stereocenters. The fourth-order valence-electron chi connectivity index (χ4n) is 2.87. The molecule has 0 unspecified atom stereocenters. The fraction of sp³-hybridized carbons (Fsp3) is 1.00. The Kier molecular flexibility index (Phi) is 16.1. The van der Waals surface area contributed by atoms with Crippen LogP contribution in [-0.4, -0.2) is 0 Å². The van der Waals surface area contributed by atoms with Crippen LogP contribution in [0.3, 0.4) is 0 Å². The Labute approximate surface area is 123 Å². The van der Waals surface area contributed by atoms with E-state index in [0.29, 0.717) is 0 Å². The van der Waals surface area contributed by atoms with Crippen LogP contribution in [0.25, 0.3) is 0 Å². The monoisotopic (exact) mass is 268 g/mol. The second-order valence-electron chi connectivity index (χ2n) is 6.57. The van der Waals surface area contributed by atoms with E-state index in [1.54, 1.807) is 0 Å². The molecule has 116 valence electrons. The molecule has 0 radical (unpaired) electrons. The predicted octanol–water partition coefficient (Wildman–Crippen LogP) is 7.51. The highest BCUT2D eigenvalue weighted by atomic mass is 14.1. The molecule has 0 heteroatoms. The average molecular weight is 269 g/mol. The average Bonchev–Trinajstić information content (AvgIpc) is 2.41. The quantitative estimate of drug-likeness (QED) is 0.269. The summed E-state index contributed by atoms with van der Waals surface area (Å²) in [6, 6.07) is 0. The Balaban J connectivity index is 3.05. The van der Waals surface area contributed by atoms with Gasteiger partial charge in [0.1, 0.15) is 0 Å². The van der Waals surface area contributed by atoms with Crippen LogP contribution in [0.5, 0.6) is 0 Å². The maximum absolute atomic E-state index is 2.45. The topological polar surface area (TPSA) is 0 Å². The van der Waals surface area contributed by atoms with Crippen LogP contribution < -0.4 is 0 Å². The van der Waals surface area contributed by atoms with Crippen molar-refractivity contribution < 1.29 is 0 Å². The summed E-state index contributed by atoms with van der Waals surface area (Å²) < 4.78 is 0. The van der Waals surface area contributed by atoms with Gasteiger partial charge in [-0.05, 0) is 5.92 Å². The lowest BCUT2D eigenvalue weighted by Crippen LogP contribution is -1.94. The van der Waals surface area contributed by atoms with Crippen LogP contribution in [0.15, 0.2) is 0 Å². The lowest BCUT2D eigenvalue weighted by atomic mass is 9.96. The molecule has 0 spiro atoms. The standard InChI is InChI=1S/C19H40/c1-4-6-8-9-10-11-12-13-14-16-18-19(3)17-15-7-5-2/h19H,4-18H2,1-3H3/t19-/m1/s1. The zero-order valence-corrected chi connectivity index (χ0v) is 14.2. The van der Waals surface area contributed by atoms with Crippen LogP contribution >= 0.6 is 0 Å².